The fourth-order valence-electron chi connectivity index (χ4n) is 3.94. The average Bonchev–Trinajstić information content (AvgIpc) is 3.06. The van der Waals surface area contributed by atoms with Gasteiger partial charge in [-0.25, -0.2) is 8.42 Å². The number of anilines is 2. The van der Waals surface area contributed by atoms with Crippen LogP contribution in [0.25, 0.3) is 0 Å². The SMILES string of the molecule is CCCCS(=O)(=O)Nc1ccc(NC(=O)C2CC3CCCCC3N2)cc1.Cl. The van der Waals surface area contributed by atoms with Crippen LogP contribution in [0.4, 0.5) is 11.4 Å². The van der Waals surface area contributed by atoms with Crippen LogP contribution in [0.15, 0.2) is 24.3 Å². The van der Waals surface area contributed by atoms with Gasteiger partial charge < -0.3 is 10.6 Å². The minimum atomic E-state index is -3.31. The molecule has 1 saturated carbocycles. The van der Waals surface area contributed by atoms with Crippen molar-refractivity contribution in [2.75, 3.05) is 15.8 Å². The van der Waals surface area contributed by atoms with E-state index in [4.69, 9.17) is 0 Å². The summed E-state index contributed by atoms with van der Waals surface area (Å²) in [6.07, 6.45) is 7.29. The Bertz CT molecular complexity index is 710. The van der Waals surface area contributed by atoms with Crippen molar-refractivity contribution >= 4 is 39.7 Å². The lowest BCUT2D eigenvalue weighted by Gasteiger charge is -2.24. The van der Waals surface area contributed by atoms with Gasteiger partial charge >= 0.3 is 0 Å². The fourth-order valence-corrected chi connectivity index (χ4v) is 5.20. The fraction of sp³-hybridized carbons (Fsp3) is 0.632. The van der Waals surface area contributed by atoms with Gasteiger partial charge in [-0.15, -0.1) is 12.4 Å². The molecule has 1 aromatic carbocycles. The number of carbonyl (C=O) groups is 1. The quantitative estimate of drug-likeness (QED) is 0.635. The monoisotopic (exact) mass is 415 g/mol. The van der Waals surface area contributed by atoms with Crippen molar-refractivity contribution in [3.8, 4) is 0 Å². The molecule has 0 spiro atoms. The van der Waals surface area contributed by atoms with Gasteiger partial charge in [-0.2, -0.15) is 0 Å². The highest BCUT2D eigenvalue weighted by molar-refractivity contribution is 7.92. The van der Waals surface area contributed by atoms with Crippen molar-refractivity contribution in [1.82, 2.24) is 5.32 Å². The number of halogens is 1. The Morgan fingerprint density at radius 2 is 1.81 bits per heavy atom. The summed E-state index contributed by atoms with van der Waals surface area (Å²) in [7, 11) is -3.31. The summed E-state index contributed by atoms with van der Waals surface area (Å²) < 4.78 is 26.4. The molecule has 1 aromatic rings. The van der Waals surface area contributed by atoms with Crippen molar-refractivity contribution in [3.63, 3.8) is 0 Å². The number of hydrogen-bond donors (Lipinski definition) is 3. The van der Waals surface area contributed by atoms with Gasteiger partial charge in [0.25, 0.3) is 0 Å². The standard InChI is InChI=1S/C19H29N3O3S.ClH/c1-2-3-12-26(24,25)22-16-10-8-15(9-11-16)20-19(23)18-13-14-6-4-5-7-17(14)21-18;/h8-11,14,17-18,21-22H,2-7,12-13H2,1H3,(H,20,23);1H. The van der Waals surface area contributed by atoms with Gasteiger partial charge in [0.05, 0.1) is 11.8 Å². The van der Waals surface area contributed by atoms with Crippen molar-refractivity contribution in [3.05, 3.63) is 24.3 Å². The third-order valence-electron chi connectivity index (χ3n) is 5.37. The van der Waals surface area contributed by atoms with Gasteiger partial charge in [0.1, 0.15) is 0 Å². The third kappa shape index (κ3) is 6.09. The molecule has 0 bridgehead atoms. The molecule has 3 atom stereocenters. The first-order chi connectivity index (χ1) is 12.5. The van der Waals surface area contributed by atoms with Crippen LogP contribution in [0, 0.1) is 5.92 Å². The largest absolute Gasteiger partial charge is 0.325 e. The van der Waals surface area contributed by atoms with E-state index in [9.17, 15) is 13.2 Å². The van der Waals surface area contributed by atoms with Crippen molar-refractivity contribution in [2.45, 2.75) is 64.0 Å². The van der Waals surface area contributed by atoms with Gasteiger partial charge in [0.2, 0.25) is 15.9 Å². The minimum Gasteiger partial charge on any atom is -0.325 e. The highest BCUT2D eigenvalue weighted by atomic mass is 35.5. The first-order valence-electron chi connectivity index (χ1n) is 9.64. The summed E-state index contributed by atoms with van der Waals surface area (Å²) in [5.74, 6) is 0.743. The lowest BCUT2D eigenvalue weighted by molar-refractivity contribution is -0.117. The molecule has 3 unspecified atom stereocenters. The zero-order chi connectivity index (χ0) is 18.6. The summed E-state index contributed by atoms with van der Waals surface area (Å²) in [4.78, 5) is 12.5. The predicted octanol–water partition coefficient (Wildman–Crippen LogP) is 3.51. The van der Waals surface area contributed by atoms with Crippen molar-refractivity contribution in [2.24, 2.45) is 5.92 Å². The normalized spacial score (nSPS) is 24.6. The summed E-state index contributed by atoms with van der Waals surface area (Å²) in [5.41, 5.74) is 1.20. The molecule has 2 fully saturated rings. The second-order valence-corrected chi connectivity index (χ2v) is 9.29. The molecule has 3 rings (SSSR count). The van der Waals surface area contributed by atoms with E-state index >= 15 is 0 Å². The van der Waals surface area contributed by atoms with Crippen LogP contribution in [0.1, 0.15) is 51.9 Å². The van der Waals surface area contributed by atoms with E-state index in [2.05, 4.69) is 15.4 Å². The first-order valence-corrected chi connectivity index (χ1v) is 11.3. The van der Waals surface area contributed by atoms with E-state index in [1.165, 1.54) is 25.7 Å². The number of rotatable bonds is 7. The van der Waals surface area contributed by atoms with Gasteiger partial charge in [0, 0.05) is 17.4 Å². The zero-order valence-corrected chi connectivity index (χ0v) is 17.4. The molecule has 1 saturated heterocycles. The Morgan fingerprint density at radius 1 is 1.15 bits per heavy atom. The lowest BCUT2D eigenvalue weighted by atomic mass is 9.85. The molecule has 1 heterocycles. The van der Waals surface area contributed by atoms with Crippen LogP contribution in [0.2, 0.25) is 0 Å². The van der Waals surface area contributed by atoms with Crippen LogP contribution in [-0.2, 0) is 14.8 Å². The number of sulfonamides is 1. The molecule has 1 aliphatic carbocycles. The van der Waals surface area contributed by atoms with Crippen molar-refractivity contribution < 1.29 is 13.2 Å². The smallest absolute Gasteiger partial charge is 0.241 e. The van der Waals surface area contributed by atoms with Crippen LogP contribution in [0.3, 0.4) is 0 Å². The topological polar surface area (TPSA) is 87.3 Å². The average molecular weight is 416 g/mol. The highest BCUT2D eigenvalue weighted by Crippen LogP contribution is 2.33. The zero-order valence-electron chi connectivity index (χ0n) is 15.7. The number of amides is 1. The van der Waals surface area contributed by atoms with Crippen LogP contribution < -0.4 is 15.4 Å². The van der Waals surface area contributed by atoms with Gasteiger partial charge in [-0.05, 0) is 55.9 Å². The number of fused-ring (bicyclic) bond motifs is 1. The van der Waals surface area contributed by atoms with Crippen LogP contribution >= 0.6 is 12.4 Å². The third-order valence-corrected chi connectivity index (χ3v) is 6.74. The second-order valence-electron chi connectivity index (χ2n) is 7.45. The molecular formula is C19H30ClN3O3S. The summed E-state index contributed by atoms with van der Waals surface area (Å²) in [5, 5.41) is 6.41. The Balaban J connectivity index is 0.00000261. The maximum absolute atomic E-state index is 12.5. The number of unbranched alkanes of at least 4 members (excludes halogenated alkanes) is 1. The molecule has 2 aliphatic rings. The molecule has 8 heteroatoms. The maximum Gasteiger partial charge on any atom is 0.241 e. The molecule has 27 heavy (non-hydrogen) atoms. The van der Waals surface area contributed by atoms with Crippen LogP contribution in [0.5, 0.6) is 0 Å². The van der Waals surface area contributed by atoms with Crippen molar-refractivity contribution in [1.29, 1.82) is 0 Å². The summed E-state index contributed by atoms with van der Waals surface area (Å²) in [6, 6.07) is 7.19. The van der Waals surface area contributed by atoms with E-state index in [1.807, 2.05) is 6.92 Å². The molecule has 152 valence electrons. The van der Waals surface area contributed by atoms with E-state index in [0.717, 1.165) is 12.8 Å². The molecule has 1 amide bonds. The number of benzene rings is 1. The Hall–Kier alpha value is -1.31. The molecule has 1 aliphatic heterocycles. The number of carbonyl (C=O) groups excluding carboxylic acids is 1. The first kappa shape index (κ1) is 22.0. The highest BCUT2D eigenvalue weighted by Gasteiger charge is 2.38. The summed E-state index contributed by atoms with van der Waals surface area (Å²) >= 11 is 0. The Kier molecular flexibility index (Phi) is 7.94. The molecule has 0 radical (unpaired) electrons. The van der Waals surface area contributed by atoms with Crippen LogP contribution in [-0.4, -0.2) is 32.2 Å². The maximum atomic E-state index is 12.5. The summed E-state index contributed by atoms with van der Waals surface area (Å²) in [6.45, 7) is 1.96. The van der Waals surface area contributed by atoms with E-state index in [-0.39, 0.29) is 30.1 Å². The molecular weight excluding hydrogens is 386 g/mol. The van der Waals surface area contributed by atoms with E-state index in [0.29, 0.717) is 29.8 Å². The number of nitrogens with one attached hydrogen (secondary N) is 3. The predicted molar refractivity (Wildman–Crippen MR) is 112 cm³/mol. The Morgan fingerprint density at radius 3 is 2.48 bits per heavy atom. The molecule has 0 aromatic heterocycles. The van der Waals surface area contributed by atoms with Gasteiger partial charge in [-0.1, -0.05) is 26.2 Å². The molecule has 6 nitrogen and oxygen atoms in total. The molecule has 3 N–H and O–H groups in total. The van der Waals surface area contributed by atoms with Gasteiger partial charge in [-0.3, -0.25) is 9.52 Å². The van der Waals surface area contributed by atoms with E-state index < -0.39 is 10.0 Å². The second kappa shape index (κ2) is 9.75. The van der Waals surface area contributed by atoms with E-state index in [1.54, 1.807) is 24.3 Å². The number of hydrogen-bond acceptors (Lipinski definition) is 4. The van der Waals surface area contributed by atoms with Gasteiger partial charge in [0.15, 0.2) is 0 Å². The minimum absolute atomic E-state index is 0. The Labute approximate surface area is 168 Å². The lowest BCUT2D eigenvalue weighted by Crippen LogP contribution is -2.39.